The Morgan fingerprint density at radius 1 is 1.45 bits per heavy atom. The molecule has 0 fully saturated rings. The van der Waals surface area contributed by atoms with Crippen LogP contribution >= 0.6 is 0 Å². The van der Waals surface area contributed by atoms with Crippen molar-refractivity contribution in [3.8, 4) is 5.95 Å². The largest absolute Gasteiger partial charge is 0.368 e. The van der Waals surface area contributed by atoms with Crippen molar-refractivity contribution in [1.82, 2.24) is 29.7 Å². The molecule has 0 saturated carbocycles. The van der Waals surface area contributed by atoms with Crippen LogP contribution in [0.25, 0.3) is 5.95 Å². The zero-order valence-corrected chi connectivity index (χ0v) is 12.0. The number of nitrogens with zero attached hydrogens (tertiary/aromatic N) is 6. The van der Waals surface area contributed by atoms with Crippen LogP contribution in [0, 0.1) is 0 Å². The fourth-order valence-corrected chi connectivity index (χ4v) is 1.88. The van der Waals surface area contributed by atoms with E-state index < -0.39 is 10.8 Å². The smallest absolute Gasteiger partial charge is 0.258 e. The fraction of sp³-hybridized carbons (Fsp3) is 0.500. The maximum Gasteiger partial charge on any atom is 0.258 e. The van der Waals surface area contributed by atoms with Crippen molar-refractivity contribution < 1.29 is 4.21 Å². The molecule has 2 heterocycles. The molecule has 2 atom stereocenters. The molecule has 3 N–H and O–H groups in total. The van der Waals surface area contributed by atoms with Crippen LogP contribution in [0.4, 0.5) is 11.9 Å². The zero-order valence-electron chi connectivity index (χ0n) is 11.2. The van der Waals surface area contributed by atoms with E-state index in [1.807, 2.05) is 6.92 Å². The van der Waals surface area contributed by atoms with Gasteiger partial charge in [-0.3, -0.25) is 4.21 Å². The van der Waals surface area contributed by atoms with E-state index in [1.165, 1.54) is 17.3 Å². The summed E-state index contributed by atoms with van der Waals surface area (Å²) in [6.07, 6.45) is 5.29. The highest BCUT2D eigenvalue weighted by molar-refractivity contribution is 7.84. The summed E-state index contributed by atoms with van der Waals surface area (Å²) in [6, 6.07) is 0. The molecule has 0 aromatic carbocycles. The molecule has 2 rings (SSSR count). The molecule has 2 aromatic heterocycles. The first-order chi connectivity index (χ1) is 9.56. The van der Waals surface area contributed by atoms with Crippen molar-refractivity contribution in [3.05, 3.63) is 12.7 Å². The Morgan fingerprint density at radius 3 is 2.90 bits per heavy atom. The van der Waals surface area contributed by atoms with Crippen molar-refractivity contribution in [1.29, 1.82) is 0 Å². The molecule has 108 valence electrons. The monoisotopic (exact) mass is 296 g/mol. The van der Waals surface area contributed by atoms with Gasteiger partial charge in [0.25, 0.3) is 5.95 Å². The Labute approximate surface area is 118 Å². The summed E-state index contributed by atoms with van der Waals surface area (Å²) in [5, 5.41) is 7.07. The van der Waals surface area contributed by atoms with Crippen LogP contribution in [0.1, 0.15) is 13.3 Å². The van der Waals surface area contributed by atoms with Crippen LogP contribution in [-0.4, -0.2) is 52.0 Å². The van der Waals surface area contributed by atoms with Gasteiger partial charge in [0.1, 0.15) is 12.7 Å². The molecule has 0 spiro atoms. The Morgan fingerprint density at radius 2 is 2.25 bits per heavy atom. The summed E-state index contributed by atoms with van der Waals surface area (Å²) in [4.78, 5) is 16.0. The molecule has 2 unspecified atom stereocenters. The Bertz CT molecular complexity index is 587. The third-order valence-corrected chi connectivity index (χ3v) is 4.03. The number of hydrogen-bond donors (Lipinski definition) is 2. The molecule has 0 bridgehead atoms. The minimum atomic E-state index is -0.842. The molecule has 9 nitrogen and oxygen atoms in total. The normalized spacial score (nSPS) is 13.9. The second-order valence-electron chi connectivity index (χ2n) is 4.18. The quantitative estimate of drug-likeness (QED) is 0.738. The van der Waals surface area contributed by atoms with Crippen molar-refractivity contribution in [2.24, 2.45) is 0 Å². The van der Waals surface area contributed by atoms with E-state index in [1.54, 1.807) is 6.26 Å². The second kappa shape index (κ2) is 6.37. The number of nitrogens with one attached hydrogen (secondary N) is 1. The van der Waals surface area contributed by atoms with E-state index >= 15 is 0 Å². The van der Waals surface area contributed by atoms with Crippen LogP contribution < -0.4 is 11.1 Å². The summed E-state index contributed by atoms with van der Waals surface area (Å²) in [5.41, 5.74) is 5.63. The van der Waals surface area contributed by atoms with Crippen LogP contribution in [0.5, 0.6) is 0 Å². The fourth-order valence-electron chi connectivity index (χ4n) is 1.43. The summed E-state index contributed by atoms with van der Waals surface area (Å²) < 4.78 is 12.6. The summed E-state index contributed by atoms with van der Waals surface area (Å²) >= 11 is 0. The van der Waals surface area contributed by atoms with E-state index in [2.05, 4.69) is 30.4 Å². The van der Waals surface area contributed by atoms with Gasteiger partial charge in [-0.1, -0.05) is 6.92 Å². The lowest BCUT2D eigenvalue weighted by Gasteiger charge is -2.09. The number of nitrogens with two attached hydrogens (primary N) is 1. The zero-order chi connectivity index (χ0) is 14.5. The number of nitrogen functional groups attached to an aromatic ring is 1. The highest BCUT2D eigenvalue weighted by Gasteiger charge is 2.09. The first kappa shape index (κ1) is 14.3. The van der Waals surface area contributed by atoms with Gasteiger partial charge in [-0.15, -0.1) is 0 Å². The van der Waals surface area contributed by atoms with Crippen LogP contribution in [-0.2, 0) is 10.8 Å². The van der Waals surface area contributed by atoms with Gasteiger partial charge in [0.05, 0.1) is 0 Å². The minimum absolute atomic E-state index is 0.0973. The van der Waals surface area contributed by atoms with E-state index in [0.717, 1.165) is 6.42 Å². The van der Waals surface area contributed by atoms with E-state index in [9.17, 15) is 4.21 Å². The predicted molar refractivity (Wildman–Crippen MR) is 75.8 cm³/mol. The number of anilines is 2. The van der Waals surface area contributed by atoms with Crippen LogP contribution in [0.3, 0.4) is 0 Å². The number of rotatable bonds is 6. The Balaban J connectivity index is 2.03. The molecule has 2 aromatic rings. The molecule has 0 aliphatic carbocycles. The molecule has 0 amide bonds. The lowest BCUT2D eigenvalue weighted by Crippen LogP contribution is -2.17. The van der Waals surface area contributed by atoms with Gasteiger partial charge in [0, 0.05) is 28.9 Å². The highest BCUT2D eigenvalue weighted by Crippen LogP contribution is 2.06. The number of aromatic nitrogens is 6. The van der Waals surface area contributed by atoms with Gasteiger partial charge < -0.3 is 11.1 Å². The molecule has 20 heavy (non-hydrogen) atoms. The molecule has 0 radical (unpaired) electrons. The summed E-state index contributed by atoms with van der Waals surface area (Å²) in [5.74, 6) is 0.752. The Hall–Kier alpha value is -2.10. The third-order valence-electron chi connectivity index (χ3n) is 2.67. The van der Waals surface area contributed by atoms with Crippen molar-refractivity contribution >= 4 is 22.7 Å². The second-order valence-corrected chi connectivity index (χ2v) is 5.98. The lowest BCUT2D eigenvalue weighted by atomic mass is 10.3. The van der Waals surface area contributed by atoms with Gasteiger partial charge in [-0.05, 0) is 6.42 Å². The highest BCUT2D eigenvalue weighted by atomic mass is 32.2. The molecular formula is C10H16N8OS. The summed E-state index contributed by atoms with van der Waals surface area (Å²) in [7, 11) is -0.842. The first-order valence-corrected chi connectivity index (χ1v) is 7.61. The van der Waals surface area contributed by atoms with Crippen molar-refractivity contribution in [3.63, 3.8) is 0 Å². The van der Waals surface area contributed by atoms with E-state index in [0.29, 0.717) is 18.4 Å². The average molecular weight is 296 g/mol. The third kappa shape index (κ3) is 3.70. The standard InChI is InChI=1S/C10H16N8OS/c1-7(20(2)19)3-4-13-9-15-8(11)16-10(17-9)18-6-12-5-14-18/h5-7H,3-4H2,1-2H3,(H3,11,13,15,16,17). The topological polar surface area (TPSA) is 124 Å². The van der Waals surface area contributed by atoms with E-state index in [-0.39, 0.29) is 11.2 Å². The molecular weight excluding hydrogens is 280 g/mol. The van der Waals surface area contributed by atoms with Gasteiger partial charge in [-0.25, -0.2) is 4.98 Å². The maximum atomic E-state index is 11.3. The van der Waals surface area contributed by atoms with Crippen LogP contribution in [0.2, 0.25) is 0 Å². The van der Waals surface area contributed by atoms with E-state index in [4.69, 9.17) is 5.73 Å². The molecule has 0 aliphatic rings. The summed E-state index contributed by atoms with van der Waals surface area (Å²) in [6.45, 7) is 2.53. The van der Waals surface area contributed by atoms with Crippen molar-refractivity contribution in [2.45, 2.75) is 18.6 Å². The SMILES string of the molecule is CC(CCNc1nc(N)nc(-n2cncn2)n1)S(C)=O. The van der Waals surface area contributed by atoms with Gasteiger partial charge in [0.2, 0.25) is 11.9 Å². The minimum Gasteiger partial charge on any atom is -0.368 e. The Kier molecular flexibility index (Phi) is 4.56. The van der Waals surface area contributed by atoms with Crippen molar-refractivity contribution in [2.75, 3.05) is 23.9 Å². The van der Waals surface area contributed by atoms with Gasteiger partial charge >= 0.3 is 0 Å². The predicted octanol–water partition coefficient (Wildman–Crippen LogP) is -0.396. The molecule has 10 heteroatoms. The van der Waals surface area contributed by atoms with Gasteiger partial charge in [-0.2, -0.15) is 24.7 Å². The number of hydrogen-bond acceptors (Lipinski definition) is 8. The van der Waals surface area contributed by atoms with Crippen LogP contribution in [0.15, 0.2) is 12.7 Å². The maximum absolute atomic E-state index is 11.3. The first-order valence-electron chi connectivity index (χ1n) is 5.99. The van der Waals surface area contributed by atoms with Gasteiger partial charge in [0.15, 0.2) is 0 Å². The average Bonchev–Trinajstić information content (AvgIpc) is 2.91. The lowest BCUT2D eigenvalue weighted by molar-refractivity contribution is 0.672. The molecule has 0 saturated heterocycles. The molecule has 0 aliphatic heterocycles.